The molecule has 0 amide bonds. The molecule has 0 bridgehead atoms. The lowest BCUT2D eigenvalue weighted by molar-refractivity contribution is 1.51. The van der Waals surface area contributed by atoms with Gasteiger partial charge in [-0.1, -0.05) is 182 Å². The SMILES string of the molecule is CSc1ccc(-c2c3ccccc3c(-c3cc4ccc5cc(-c6c7ccccc7c(-c7ccc(S(C)(C)C)c8ccccc78)c7ccccc67)cc6ccc(c3)c4c56)c3ccccc23)c2ccccc12. The van der Waals surface area contributed by atoms with Crippen LogP contribution in [0.2, 0.25) is 0 Å². The average Bonchev–Trinajstić information content (AvgIpc) is 3.40. The summed E-state index contributed by atoms with van der Waals surface area (Å²) >= 11 is 1.81. The molecule has 0 saturated carbocycles. The van der Waals surface area contributed by atoms with Crippen LogP contribution in [0.5, 0.6) is 0 Å². The van der Waals surface area contributed by atoms with Gasteiger partial charge in [-0.2, -0.15) is 0 Å². The minimum Gasteiger partial charge on any atom is -0.223 e. The van der Waals surface area contributed by atoms with Crippen molar-refractivity contribution in [1.82, 2.24) is 0 Å². The van der Waals surface area contributed by atoms with Gasteiger partial charge in [-0.25, -0.2) is 10.0 Å². The summed E-state index contributed by atoms with van der Waals surface area (Å²) in [7, 11) is -0.946. The Kier molecular flexibility index (Phi) is 9.28. The van der Waals surface area contributed by atoms with Crippen molar-refractivity contribution in [3.8, 4) is 44.5 Å². The largest absolute Gasteiger partial charge is 0.223 e. The van der Waals surface area contributed by atoms with E-state index in [1.165, 1.54) is 151 Å². The maximum atomic E-state index is 2.45. The molecule has 0 atom stereocenters. The molecule has 0 aliphatic rings. The minimum atomic E-state index is -0.946. The summed E-state index contributed by atoms with van der Waals surface area (Å²) in [5, 5.41) is 23.2. The van der Waals surface area contributed by atoms with Crippen LogP contribution in [0.4, 0.5) is 0 Å². The molecule has 2 heteroatoms. The number of hydrogen-bond donors (Lipinski definition) is 0. The fourth-order valence-electron chi connectivity index (χ4n) is 12.3. The lowest BCUT2D eigenvalue weighted by Gasteiger charge is -2.28. The molecule has 14 rings (SSSR count). The molecule has 70 heavy (non-hydrogen) atoms. The van der Waals surface area contributed by atoms with E-state index in [1.807, 2.05) is 11.8 Å². The van der Waals surface area contributed by atoms with Crippen LogP contribution in [0.25, 0.3) is 141 Å². The standard InChI is InChI=1S/C68H48S2/c1-69-61-35-33-59(47-17-5-7-19-49(47)61)67-55-25-13-9-21-51(55)65(52-22-10-14-26-56(52)67)45-37-41-29-31-43-39-46(40-44-32-30-42(38-45)63(41)64(43)44)66-53-23-11-15-27-57(53)68(58-28-16-12-24-54(58)66)60-34-36-62(70(2,3)4)50-20-8-6-18-48(50)60/h5-40H,1-4H3. The normalized spacial score (nSPS) is 12.6. The van der Waals surface area contributed by atoms with Gasteiger partial charge in [0.25, 0.3) is 0 Å². The first-order valence-corrected chi connectivity index (χ1v) is 28.3. The predicted octanol–water partition coefficient (Wildman–Crippen LogP) is 19.9. The van der Waals surface area contributed by atoms with E-state index < -0.39 is 10.0 Å². The lowest BCUT2D eigenvalue weighted by Crippen LogP contribution is -1.96. The molecule has 0 aromatic heterocycles. The number of rotatable bonds is 6. The van der Waals surface area contributed by atoms with Crippen LogP contribution in [-0.2, 0) is 0 Å². The van der Waals surface area contributed by atoms with Crippen molar-refractivity contribution in [1.29, 1.82) is 0 Å². The molecule has 0 nitrogen and oxygen atoms in total. The molecule has 0 unspecified atom stereocenters. The average molecular weight is 929 g/mol. The molecule has 0 radical (unpaired) electrons. The van der Waals surface area contributed by atoms with Gasteiger partial charge < -0.3 is 0 Å². The number of benzene rings is 14. The summed E-state index contributed by atoms with van der Waals surface area (Å²) in [5.74, 6) is 0. The smallest absolute Gasteiger partial charge is 0.0148 e. The van der Waals surface area contributed by atoms with E-state index >= 15 is 0 Å². The van der Waals surface area contributed by atoms with Crippen molar-refractivity contribution in [3.05, 3.63) is 218 Å². The third-order valence-electron chi connectivity index (χ3n) is 15.2. The Balaban J connectivity index is 0.965. The third kappa shape index (κ3) is 6.13. The second-order valence-corrected chi connectivity index (χ2v) is 24.7. The minimum absolute atomic E-state index is 0.946. The number of fused-ring (bicyclic) bond motifs is 6. The van der Waals surface area contributed by atoms with Crippen LogP contribution in [0, 0.1) is 0 Å². The highest BCUT2D eigenvalue weighted by Gasteiger charge is 2.23. The maximum absolute atomic E-state index is 2.45. The second-order valence-electron chi connectivity index (χ2n) is 19.8. The van der Waals surface area contributed by atoms with E-state index in [9.17, 15) is 0 Å². The van der Waals surface area contributed by atoms with E-state index in [0.717, 1.165) is 0 Å². The first-order chi connectivity index (χ1) is 34.3. The van der Waals surface area contributed by atoms with Crippen LogP contribution in [0.3, 0.4) is 0 Å². The van der Waals surface area contributed by atoms with Gasteiger partial charge in [-0.05, 0) is 208 Å². The molecule has 0 spiro atoms. The highest BCUT2D eigenvalue weighted by molar-refractivity contribution is 8.32. The van der Waals surface area contributed by atoms with E-state index in [-0.39, 0.29) is 0 Å². The van der Waals surface area contributed by atoms with Crippen molar-refractivity contribution >= 4 is 119 Å². The van der Waals surface area contributed by atoms with E-state index in [4.69, 9.17) is 0 Å². The lowest BCUT2D eigenvalue weighted by atomic mass is 9.82. The van der Waals surface area contributed by atoms with Crippen LogP contribution in [0.15, 0.2) is 228 Å². The Hall–Kier alpha value is -7.62. The Morgan fingerprint density at radius 1 is 0.286 bits per heavy atom. The van der Waals surface area contributed by atoms with Gasteiger partial charge in [0.1, 0.15) is 0 Å². The van der Waals surface area contributed by atoms with Crippen LogP contribution >= 0.6 is 21.8 Å². The van der Waals surface area contributed by atoms with E-state index in [1.54, 1.807) is 0 Å². The van der Waals surface area contributed by atoms with Crippen LogP contribution < -0.4 is 0 Å². The fourth-order valence-corrected chi connectivity index (χ4v) is 14.2. The first-order valence-electron chi connectivity index (χ1n) is 24.2. The van der Waals surface area contributed by atoms with Gasteiger partial charge in [0.15, 0.2) is 0 Å². The molecule has 332 valence electrons. The Morgan fingerprint density at radius 3 is 0.943 bits per heavy atom. The van der Waals surface area contributed by atoms with Crippen molar-refractivity contribution in [2.75, 3.05) is 25.0 Å². The topological polar surface area (TPSA) is 0 Å². The van der Waals surface area contributed by atoms with Crippen LogP contribution in [0.1, 0.15) is 0 Å². The summed E-state index contributed by atoms with van der Waals surface area (Å²) in [6.07, 6.45) is 9.38. The molecule has 0 fully saturated rings. The van der Waals surface area contributed by atoms with Gasteiger partial charge in [-0.3, -0.25) is 0 Å². The highest BCUT2D eigenvalue weighted by atomic mass is 32.3. The van der Waals surface area contributed by atoms with Crippen LogP contribution in [-0.4, -0.2) is 25.0 Å². The van der Waals surface area contributed by atoms with Crippen molar-refractivity contribution < 1.29 is 0 Å². The molecule has 0 aliphatic carbocycles. The molecule has 0 aliphatic heterocycles. The monoisotopic (exact) mass is 928 g/mol. The molecule has 0 heterocycles. The van der Waals surface area contributed by atoms with Gasteiger partial charge in [0, 0.05) is 4.90 Å². The summed E-state index contributed by atoms with van der Waals surface area (Å²) < 4.78 is 0. The highest BCUT2D eigenvalue weighted by Crippen LogP contribution is 2.53. The van der Waals surface area contributed by atoms with Crippen molar-refractivity contribution in [3.63, 3.8) is 0 Å². The molecule has 14 aromatic carbocycles. The molecular formula is C68H48S2. The maximum Gasteiger partial charge on any atom is 0.0148 e. The Labute approximate surface area is 413 Å². The molecule has 14 aromatic rings. The zero-order valence-corrected chi connectivity index (χ0v) is 41.2. The first kappa shape index (κ1) is 41.4. The zero-order chi connectivity index (χ0) is 46.8. The summed E-state index contributed by atoms with van der Waals surface area (Å²) in [4.78, 5) is 2.76. The second kappa shape index (κ2) is 15.7. The van der Waals surface area contributed by atoms with Crippen molar-refractivity contribution in [2.24, 2.45) is 0 Å². The van der Waals surface area contributed by atoms with Gasteiger partial charge in [0.05, 0.1) is 0 Å². The summed E-state index contributed by atoms with van der Waals surface area (Å²) in [5.41, 5.74) is 10.2. The van der Waals surface area contributed by atoms with Gasteiger partial charge >= 0.3 is 0 Å². The Bertz CT molecular complexity index is 4310. The molecule has 0 N–H and O–H groups in total. The van der Waals surface area contributed by atoms with Crippen molar-refractivity contribution in [2.45, 2.75) is 9.79 Å². The quantitative estimate of drug-likeness (QED) is 0.0910. The number of hydrogen-bond acceptors (Lipinski definition) is 1. The third-order valence-corrected chi connectivity index (χ3v) is 17.6. The number of thioether (sulfide) groups is 1. The van der Waals surface area contributed by atoms with E-state index in [0.29, 0.717) is 0 Å². The summed E-state index contributed by atoms with van der Waals surface area (Å²) in [6, 6.07) is 83.0. The fraction of sp³-hybridized carbons (Fsp3) is 0.0588. The molecule has 0 saturated heterocycles. The predicted molar refractivity (Wildman–Crippen MR) is 312 cm³/mol. The zero-order valence-electron chi connectivity index (χ0n) is 39.6. The summed E-state index contributed by atoms with van der Waals surface area (Å²) in [6.45, 7) is 0. The van der Waals surface area contributed by atoms with Gasteiger partial charge in [-0.15, -0.1) is 11.8 Å². The Morgan fingerprint density at radius 2 is 0.586 bits per heavy atom. The van der Waals surface area contributed by atoms with Gasteiger partial charge in [0.2, 0.25) is 0 Å². The molecular weight excluding hydrogens is 881 g/mol. The van der Waals surface area contributed by atoms with E-state index in [2.05, 4.69) is 243 Å².